The van der Waals surface area contributed by atoms with Crippen LogP contribution < -0.4 is 0 Å². The lowest BCUT2D eigenvalue weighted by atomic mass is 10.1. The quantitative estimate of drug-likeness (QED) is 0.916. The SMILES string of the molecule is Cc1n[nH]c(C)c1C(=O)N(Cc1ccc(F)cc1)C[C@H]1CCCO1. The minimum Gasteiger partial charge on any atom is -0.376 e. The highest BCUT2D eigenvalue weighted by molar-refractivity contribution is 5.96. The van der Waals surface area contributed by atoms with Gasteiger partial charge in [0.15, 0.2) is 0 Å². The fourth-order valence-corrected chi connectivity index (χ4v) is 3.09. The van der Waals surface area contributed by atoms with Crippen molar-refractivity contribution in [2.75, 3.05) is 13.2 Å². The van der Waals surface area contributed by atoms with Crippen molar-refractivity contribution >= 4 is 5.91 Å². The predicted octanol–water partition coefficient (Wildman–Crippen LogP) is 2.99. The normalized spacial score (nSPS) is 17.2. The number of rotatable bonds is 5. The molecule has 6 heteroatoms. The molecule has 0 saturated carbocycles. The molecular weight excluding hydrogens is 309 g/mol. The molecule has 0 bridgehead atoms. The molecule has 0 spiro atoms. The highest BCUT2D eigenvalue weighted by atomic mass is 19.1. The zero-order valence-corrected chi connectivity index (χ0v) is 14.0. The summed E-state index contributed by atoms with van der Waals surface area (Å²) >= 11 is 0. The summed E-state index contributed by atoms with van der Waals surface area (Å²) in [5.41, 5.74) is 2.94. The van der Waals surface area contributed by atoms with Crippen LogP contribution in [0.15, 0.2) is 24.3 Å². The van der Waals surface area contributed by atoms with Crippen molar-refractivity contribution in [1.29, 1.82) is 0 Å². The van der Waals surface area contributed by atoms with E-state index in [-0.39, 0.29) is 17.8 Å². The molecule has 1 N–H and O–H groups in total. The summed E-state index contributed by atoms with van der Waals surface area (Å²) in [6, 6.07) is 6.25. The number of hydrogen-bond donors (Lipinski definition) is 1. The zero-order valence-electron chi connectivity index (χ0n) is 14.0. The molecule has 1 aromatic heterocycles. The van der Waals surface area contributed by atoms with Crippen molar-refractivity contribution in [1.82, 2.24) is 15.1 Å². The van der Waals surface area contributed by atoms with Gasteiger partial charge < -0.3 is 9.64 Å². The first kappa shape index (κ1) is 16.6. The number of aromatic amines is 1. The number of aryl methyl sites for hydroxylation is 2. The molecule has 1 amide bonds. The van der Waals surface area contributed by atoms with Crippen molar-refractivity contribution < 1.29 is 13.9 Å². The van der Waals surface area contributed by atoms with Gasteiger partial charge >= 0.3 is 0 Å². The van der Waals surface area contributed by atoms with Gasteiger partial charge in [0.25, 0.3) is 5.91 Å². The molecule has 1 fully saturated rings. The summed E-state index contributed by atoms with van der Waals surface area (Å²) in [7, 11) is 0. The highest BCUT2D eigenvalue weighted by Crippen LogP contribution is 2.19. The number of carbonyl (C=O) groups excluding carboxylic acids is 1. The maximum atomic E-state index is 13.1. The minimum absolute atomic E-state index is 0.0573. The highest BCUT2D eigenvalue weighted by Gasteiger charge is 2.26. The van der Waals surface area contributed by atoms with Gasteiger partial charge in [0.05, 0.1) is 17.4 Å². The second kappa shape index (κ2) is 7.13. The third kappa shape index (κ3) is 3.64. The van der Waals surface area contributed by atoms with Crippen molar-refractivity contribution in [2.24, 2.45) is 0 Å². The predicted molar refractivity (Wildman–Crippen MR) is 88.2 cm³/mol. The van der Waals surface area contributed by atoms with Crippen LogP contribution in [0.25, 0.3) is 0 Å². The van der Waals surface area contributed by atoms with E-state index in [1.54, 1.807) is 17.0 Å². The van der Waals surface area contributed by atoms with E-state index in [4.69, 9.17) is 4.74 Å². The van der Waals surface area contributed by atoms with E-state index in [0.717, 1.165) is 30.7 Å². The van der Waals surface area contributed by atoms with Gasteiger partial charge in [-0.15, -0.1) is 0 Å². The van der Waals surface area contributed by atoms with E-state index in [0.29, 0.717) is 24.3 Å². The van der Waals surface area contributed by atoms with E-state index in [9.17, 15) is 9.18 Å². The molecule has 2 heterocycles. The summed E-state index contributed by atoms with van der Waals surface area (Å²) in [6.07, 6.45) is 2.03. The van der Waals surface area contributed by atoms with Gasteiger partial charge in [0.2, 0.25) is 0 Å². The maximum absolute atomic E-state index is 13.1. The van der Waals surface area contributed by atoms with Crippen LogP contribution in [0.5, 0.6) is 0 Å². The molecule has 1 atom stereocenters. The van der Waals surface area contributed by atoms with Gasteiger partial charge in [-0.25, -0.2) is 4.39 Å². The van der Waals surface area contributed by atoms with Crippen molar-refractivity contribution in [3.63, 3.8) is 0 Å². The van der Waals surface area contributed by atoms with Crippen molar-refractivity contribution in [3.05, 3.63) is 52.6 Å². The van der Waals surface area contributed by atoms with Gasteiger partial charge in [-0.3, -0.25) is 9.89 Å². The third-order valence-electron chi connectivity index (χ3n) is 4.36. The van der Waals surface area contributed by atoms with E-state index >= 15 is 0 Å². The number of H-pyrrole nitrogens is 1. The van der Waals surface area contributed by atoms with Crippen LogP contribution in [0.4, 0.5) is 4.39 Å². The van der Waals surface area contributed by atoms with Gasteiger partial charge in [-0.05, 0) is 44.4 Å². The average Bonchev–Trinajstić information content (AvgIpc) is 3.18. The van der Waals surface area contributed by atoms with Crippen molar-refractivity contribution in [2.45, 2.75) is 39.3 Å². The lowest BCUT2D eigenvalue weighted by Gasteiger charge is -2.26. The fourth-order valence-electron chi connectivity index (χ4n) is 3.09. The van der Waals surface area contributed by atoms with E-state index in [2.05, 4.69) is 10.2 Å². The number of hydrogen-bond acceptors (Lipinski definition) is 3. The number of nitrogens with one attached hydrogen (secondary N) is 1. The molecule has 0 unspecified atom stereocenters. The van der Waals surface area contributed by atoms with E-state index in [1.165, 1.54) is 12.1 Å². The Balaban J connectivity index is 1.83. The Labute approximate surface area is 140 Å². The average molecular weight is 331 g/mol. The van der Waals surface area contributed by atoms with Gasteiger partial charge in [0, 0.05) is 25.4 Å². The molecule has 128 valence electrons. The lowest BCUT2D eigenvalue weighted by Crippen LogP contribution is -2.37. The maximum Gasteiger partial charge on any atom is 0.257 e. The number of ether oxygens (including phenoxy) is 1. The van der Waals surface area contributed by atoms with E-state index in [1.807, 2.05) is 13.8 Å². The van der Waals surface area contributed by atoms with Crippen LogP contribution in [-0.4, -0.2) is 40.3 Å². The van der Waals surface area contributed by atoms with Crippen molar-refractivity contribution in [3.8, 4) is 0 Å². The first-order valence-electron chi connectivity index (χ1n) is 8.21. The van der Waals surface area contributed by atoms with Gasteiger partial charge in [-0.2, -0.15) is 5.10 Å². The Kier molecular flexibility index (Phi) is 4.94. The van der Waals surface area contributed by atoms with E-state index < -0.39 is 0 Å². The molecular formula is C18H22FN3O2. The molecule has 5 nitrogen and oxygen atoms in total. The Morgan fingerprint density at radius 2 is 2.12 bits per heavy atom. The molecule has 1 aliphatic rings. The second-order valence-corrected chi connectivity index (χ2v) is 6.26. The number of aromatic nitrogens is 2. The molecule has 1 aromatic carbocycles. The topological polar surface area (TPSA) is 58.2 Å². The number of amides is 1. The number of benzene rings is 1. The molecule has 1 aliphatic heterocycles. The largest absolute Gasteiger partial charge is 0.376 e. The van der Waals surface area contributed by atoms with Crippen LogP contribution >= 0.6 is 0 Å². The molecule has 24 heavy (non-hydrogen) atoms. The first-order chi connectivity index (χ1) is 11.5. The fraction of sp³-hybridized carbons (Fsp3) is 0.444. The molecule has 0 radical (unpaired) electrons. The summed E-state index contributed by atoms with van der Waals surface area (Å²) in [5, 5.41) is 6.98. The summed E-state index contributed by atoms with van der Waals surface area (Å²) in [5.74, 6) is -0.351. The van der Waals surface area contributed by atoms with Crippen LogP contribution in [0.1, 0.15) is 40.2 Å². The number of nitrogens with zero attached hydrogens (tertiary/aromatic N) is 2. The molecule has 0 aliphatic carbocycles. The van der Waals surface area contributed by atoms with Crippen LogP contribution in [-0.2, 0) is 11.3 Å². The van der Waals surface area contributed by atoms with Crippen LogP contribution in [0, 0.1) is 19.7 Å². The lowest BCUT2D eigenvalue weighted by molar-refractivity contribution is 0.0506. The zero-order chi connectivity index (χ0) is 17.1. The summed E-state index contributed by atoms with van der Waals surface area (Å²) in [6.45, 7) is 5.35. The van der Waals surface area contributed by atoms with Gasteiger partial charge in [-0.1, -0.05) is 12.1 Å². The van der Waals surface area contributed by atoms with Gasteiger partial charge in [0.1, 0.15) is 5.82 Å². The Morgan fingerprint density at radius 1 is 1.38 bits per heavy atom. The molecule has 3 rings (SSSR count). The monoisotopic (exact) mass is 331 g/mol. The third-order valence-corrected chi connectivity index (χ3v) is 4.36. The number of carbonyl (C=O) groups is 1. The second-order valence-electron chi connectivity index (χ2n) is 6.26. The smallest absolute Gasteiger partial charge is 0.257 e. The Bertz CT molecular complexity index is 686. The van der Waals surface area contributed by atoms with Crippen LogP contribution in [0.2, 0.25) is 0 Å². The first-order valence-corrected chi connectivity index (χ1v) is 8.21. The molecule has 2 aromatic rings. The summed E-state index contributed by atoms with van der Waals surface area (Å²) in [4.78, 5) is 14.8. The summed E-state index contributed by atoms with van der Waals surface area (Å²) < 4.78 is 18.8. The Hall–Kier alpha value is -2.21. The molecule has 1 saturated heterocycles. The number of halogens is 1. The standard InChI is InChI=1S/C18H22FN3O2/c1-12-17(13(2)21-20-12)18(23)22(11-16-4-3-9-24-16)10-14-5-7-15(19)8-6-14/h5-8,16H,3-4,9-11H2,1-2H3,(H,20,21)/t16-/m1/s1. The minimum atomic E-state index is -0.280. The van der Waals surface area contributed by atoms with Crippen LogP contribution in [0.3, 0.4) is 0 Å². The Morgan fingerprint density at radius 3 is 2.71 bits per heavy atom.